The van der Waals surface area contributed by atoms with Crippen LogP contribution in [0.4, 0.5) is 4.39 Å². The van der Waals surface area contributed by atoms with Crippen LogP contribution in [0.5, 0.6) is 0 Å². The molecule has 8 heteroatoms. The maximum atomic E-state index is 13.3. The molecular formula is C18H22Br2FNO3S. The van der Waals surface area contributed by atoms with Gasteiger partial charge in [0.1, 0.15) is 18.2 Å². The molecule has 0 aliphatic rings. The fourth-order valence-electron chi connectivity index (χ4n) is 2.31. The molecule has 1 aromatic heterocycles. The first-order valence-electron chi connectivity index (χ1n) is 7.81. The summed E-state index contributed by atoms with van der Waals surface area (Å²) in [6, 6.07) is 6.09. The Balaban J connectivity index is 2.38. The first-order valence-corrected chi connectivity index (χ1v) is 12.4. The van der Waals surface area contributed by atoms with E-state index in [1.54, 1.807) is 16.7 Å². The van der Waals surface area contributed by atoms with Crippen molar-refractivity contribution in [1.29, 1.82) is 0 Å². The van der Waals surface area contributed by atoms with Crippen LogP contribution in [0.15, 0.2) is 33.3 Å². The van der Waals surface area contributed by atoms with Crippen LogP contribution < -0.4 is 0 Å². The van der Waals surface area contributed by atoms with Crippen molar-refractivity contribution in [2.45, 2.75) is 6.73 Å². The highest BCUT2D eigenvalue weighted by Crippen LogP contribution is 2.40. The number of halogens is 3. The van der Waals surface area contributed by atoms with Crippen LogP contribution >= 0.6 is 41.9 Å². The second-order valence-corrected chi connectivity index (χ2v) is 12.7. The van der Waals surface area contributed by atoms with E-state index < -0.39 is 16.0 Å². The van der Waals surface area contributed by atoms with Crippen LogP contribution in [0.1, 0.15) is 10.5 Å². The number of methoxy groups -OCH3 is 1. The van der Waals surface area contributed by atoms with E-state index in [9.17, 15) is 9.18 Å². The van der Waals surface area contributed by atoms with Gasteiger partial charge in [-0.05, 0) is 68.3 Å². The van der Waals surface area contributed by atoms with Gasteiger partial charge < -0.3 is 14.0 Å². The van der Waals surface area contributed by atoms with Crippen molar-refractivity contribution in [1.82, 2.24) is 4.57 Å². The number of nitrogens with zero attached hydrogens (tertiary/aromatic N) is 1. The molecule has 0 unspecified atom stereocenters. The van der Waals surface area contributed by atoms with Crippen LogP contribution in [0.2, 0.25) is 0 Å². The van der Waals surface area contributed by atoms with E-state index >= 15 is 0 Å². The second kappa shape index (κ2) is 8.91. The summed E-state index contributed by atoms with van der Waals surface area (Å²) in [6.45, 7) is 0.813. The SMILES string of the molecule is COC(=O)c1c(Br)c(-c2ccc(F)cc2)c(Br)n1COCCS(C)(C)C. The van der Waals surface area contributed by atoms with Gasteiger partial charge in [-0.2, -0.15) is 0 Å². The van der Waals surface area contributed by atoms with Gasteiger partial charge in [0.05, 0.1) is 22.8 Å². The molecule has 0 N–H and O–H groups in total. The van der Waals surface area contributed by atoms with Crippen molar-refractivity contribution in [3.8, 4) is 11.1 Å². The predicted octanol–water partition coefficient (Wildman–Crippen LogP) is 5.27. The van der Waals surface area contributed by atoms with Crippen LogP contribution in [0, 0.1) is 5.82 Å². The minimum absolute atomic E-state index is 0.209. The van der Waals surface area contributed by atoms with Crippen LogP contribution in [0.3, 0.4) is 0 Å². The van der Waals surface area contributed by atoms with E-state index in [1.165, 1.54) is 19.2 Å². The molecule has 0 spiro atoms. The van der Waals surface area contributed by atoms with E-state index in [0.29, 0.717) is 21.4 Å². The molecule has 0 saturated carbocycles. The van der Waals surface area contributed by atoms with E-state index in [2.05, 4.69) is 50.6 Å². The monoisotopic (exact) mass is 509 g/mol. The molecule has 2 aromatic rings. The van der Waals surface area contributed by atoms with Gasteiger partial charge in [0.25, 0.3) is 0 Å². The van der Waals surface area contributed by atoms with Gasteiger partial charge in [0.15, 0.2) is 0 Å². The number of esters is 1. The first-order chi connectivity index (χ1) is 12.2. The summed E-state index contributed by atoms with van der Waals surface area (Å²) >= 11 is 7.05. The Labute approximate surface area is 171 Å². The van der Waals surface area contributed by atoms with E-state index in [0.717, 1.165) is 16.9 Å². The number of hydrogen-bond donors (Lipinski definition) is 0. The van der Waals surface area contributed by atoms with Crippen molar-refractivity contribution >= 4 is 47.9 Å². The molecule has 26 heavy (non-hydrogen) atoms. The maximum absolute atomic E-state index is 13.3. The number of carbonyl (C=O) groups is 1. The number of carbonyl (C=O) groups excluding carboxylic acids is 1. The van der Waals surface area contributed by atoms with E-state index in [1.807, 2.05) is 0 Å². The second-order valence-electron chi connectivity index (χ2n) is 6.59. The molecule has 0 fully saturated rings. The lowest BCUT2D eigenvalue weighted by Crippen LogP contribution is -2.15. The maximum Gasteiger partial charge on any atom is 0.355 e. The van der Waals surface area contributed by atoms with Gasteiger partial charge in [-0.3, -0.25) is 0 Å². The highest BCUT2D eigenvalue weighted by molar-refractivity contribution is 9.11. The summed E-state index contributed by atoms with van der Waals surface area (Å²) in [5, 5.41) is 0. The van der Waals surface area contributed by atoms with Crippen molar-refractivity contribution in [2.75, 3.05) is 38.2 Å². The zero-order chi connectivity index (χ0) is 19.5. The predicted molar refractivity (Wildman–Crippen MR) is 113 cm³/mol. The van der Waals surface area contributed by atoms with Gasteiger partial charge in [-0.15, -0.1) is 0 Å². The summed E-state index contributed by atoms with van der Waals surface area (Å²) in [4.78, 5) is 12.3. The zero-order valence-corrected chi connectivity index (χ0v) is 19.1. The summed E-state index contributed by atoms with van der Waals surface area (Å²) in [5.41, 5.74) is 1.87. The Morgan fingerprint density at radius 1 is 1.19 bits per heavy atom. The minimum Gasteiger partial charge on any atom is -0.464 e. The summed E-state index contributed by atoms with van der Waals surface area (Å²) in [5.74, 6) is 0.184. The van der Waals surface area contributed by atoms with Gasteiger partial charge in [-0.1, -0.05) is 12.1 Å². The Morgan fingerprint density at radius 2 is 1.81 bits per heavy atom. The van der Waals surface area contributed by atoms with Crippen molar-refractivity contribution < 1.29 is 18.7 Å². The molecule has 0 bridgehead atoms. The number of ether oxygens (including phenoxy) is 2. The largest absolute Gasteiger partial charge is 0.464 e. The van der Waals surface area contributed by atoms with E-state index in [4.69, 9.17) is 9.47 Å². The molecule has 1 aromatic carbocycles. The third-order valence-corrected chi connectivity index (χ3v) is 6.70. The summed E-state index contributed by atoms with van der Waals surface area (Å²) in [7, 11) is 0.683. The Hall–Kier alpha value is -0.830. The molecule has 2 rings (SSSR count). The number of aromatic nitrogens is 1. The highest BCUT2D eigenvalue weighted by atomic mass is 79.9. The average Bonchev–Trinajstić information content (AvgIpc) is 2.81. The van der Waals surface area contributed by atoms with Gasteiger partial charge in [-0.25, -0.2) is 19.2 Å². The molecule has 0 atom stereocenters. The summed E-state index contributed by atoms with van der Waals surface area (Å²) in [6.07, 6.45) is 6.68. The fraction of sp³-hybridized carbons (Fsp3) is 0.389. The first kappa shape index (κ1) is 21.5. The number of hydrogen-bond acceptors (Lipinski definition) is 3. The topological polar surface area (TPSA) is 40.5 Å². The lowest BCUT2D eigenvalue weighted by Gasteiger charge is -2.24. The summed E-state index contributed by atoms with van der Waals surface area (Å²) < 4.78 is 26.9. The van der Waals surface area contributed by atoms with Gasteiger partial charge in [0.2, 0.25) is 0 Å². The van der Waals surface area contributed by atoms with Crippen LogP contribution in [-0.2, 0) is 16.2 Å². The molecule has 0 amide bonds. The lowest BCUT2D eigenvalue weighted by molar-refractivity contribution is 0.0539. The quantitative estimate of drug-likeness (QED) is 0.376. The Morgan fingerprint density at radius 3 is 2.35 bits per heavy atom. The van der Waals surface area contributed by atoms with Crippen molar-refractivity contribution in [2.24, 2.45) is 0 Å². The third kappa shape index (κ3) is 5.12. The standard InChI is InChI=1S/C18H22Br2FNO3S/c1-24-18(23)16-15(19)14(12-5-7-13(21)8-6-12)17(20)22(16)11-25-9-10-26(2,3)4/h5-8H,9-11H2,1-4H3. The van der Waals surface area contributed by atoms with Crippen LogP contribution in [0.25, 0.3) is 11.1 Å². The smallest absolute Gasteiger partial charge is 0.355 e. The molecule has 144 valence electrons. The Kier molecular flexibility index (Phi) is 7.35. The van der Waals surface area contributed by atoms with Crippen molar-refractivity contribution in [3.05, 3.63) is 44.9 Å². The minimum atomic E-state index is -0.652. The van der Waals surface area contributed by atoms with Gasteiger partial charge >= 0.3 is 5.97 Å². The third-order valence-electron chi connectivity index (χ3n) is 3.71. The normalized spacial score (nSPS) is 12.3. The van der Waals surface area contributed by atoms with Gasteiger partial charge in [0, 0.05) is 11.3 Å². The molecular weight excluding hydrogens is 489 g/mol. The van der Waals surface area contributed by atoms with E-state index in [-0.39, 0.29) is 12.5 Å². The van der Waals surface area contributed by atoms with Crippen molar-refractivity contribution in [3.63, 3.8) is 0 Å². The number of rotatable bonds is 7. The Bertz CT molecular complexity index is 785. The van der Waals surface area contributed by atoms with Crippen LogP contribution in [-0.4, -0.2) is 48.8 Å². The molecule has 0 radical (unpaired) electrons. The average molecular weight is 511 g/mol. The molecule has 1 heterocycles. The highest BCUT2D eigenvalue weighted by Gasteiger charge is 2.26. The lowest BCUT2D eigenvalue weighted by atomic mass is 10.1. The zero-order valence-electron chi connectivity index (χ0n) is 15.1. The fourth-order valence-corrected chi connectivity index (χ4v) is 4.69. The molecule has 0 aliphatic carbocycles. The molecule has 4 nitrogen and oxygen atoms in total. The molecule has 0 aliphatic heterocycles. The molecule has 0 saturated heterocycles. The number of benzene rings is 1.